The lowest BCUT2D eigenvalue weighted by Gasteiger charge is -2.57. The summed E-state index contributed by atoms with van der Waals surface area (Å²) in [6, 6.07) is 0. The van der Waals surface area contributed by atoms with Crippen molar-refractivity contribution < 1.29 is 24.5 Å². The molecular weight excluding hydrogens is 416 g/mol. The minimum Gasteiger partial charge on any atom is -0.460 e. The van der Waals surface area contributed by atoms with Crippen LogP contribution in [0.4, 0.5) is 0 Å². The maximum absolute atomic E-state index is 13.1. The summed E-state index contributed by atoms with van der Waals surface area (Å²) in [6.45, 7) is 7.88. The number of hydrogen-bond donors (Lipinski definition) is 2. The second-order valence-electron chi connectivity index (χ2n) is 12.7. The van der Waals surface area contributed by atoms with Gasteiger partial charge in [-0.25, -0.2) is 4.79 Å². The third-order valence-corrected chi connectivity index (χ3v) is 11.6. The summed E-state index contributed by atoms with van der Waals surface area (Å²) in [5.74, 6) is 0.233. The van der Waals surface area contributed by atoms with Gasteiger partial charge in [-0.3, -0.25) is 4.79 Å². The van der Waals surface area contributed by atoms with Crippen molar-refractivity contribution in [2.24, 2.45) is 39.9 Å². The van der Waals surface area contributed by atoms with Gasteiger partial charge < -0.3 is 14.9 Å². The van der Waals surface area contributed by atoms with Crippen LogP contribution in [0.3, 0.4) is 0 Å². The van der Waals surface area contributed by atoms with Crippen LogP contribution < -0.4 is 0 Å². The Kier molecular flexibility index (Phi) is 4.15. The van der Waals surface area contributed by atoms with Crippen molar-refractivity contribution in [2.75, 3.05) is 0 Å². The van der Waals surface area contributed by atoms with Crippen molar-refractivity contribution >= 4 is 11.8 Å². The Bertz CT molecular complexity index is 1040. The van der Waals surface area contributed by atoms with Gasteiger partial charge in [-0.1, -0.05) is 38.2 Å². The number of rotatable bonds is 1. The summed E-state index contributed by atoms with van der Waals surface area (Å²) in [7, 11) is 0. The van der Waals surface area contributed by atoms with E-state index in [1.54, 1.807) is 13.0 Å². The lowest BCUT2D eigenvalue weighted by molar-refractivity contribution is -0.199. The van der Waals surface area contributed by atoms with Crippen LogP contribution in [-0.4, -0.2) is 39.3 Å². The Morgan fingerprint density at radius 1 is 0.939 bits per heavy atom. The molecule has 5 nitrogen and oxygen atoms in total. The normalized spacial score (nSPS) is 56.7. The smallest absolute Gasteiger partial charge is 0.338 e. The molecule has 0 aromatic carbocycles. The van der Waals surface area contributed by atoms with Crippen LogP contribution in [0.2, 0.25) is 0 Å². The molecule has 5 heteroatoms. The number of aliphatic hydroxyl groups is 2. The summed E-state index contributed by atoms with van der Waals surface area (Å²) in [5, 5.41) is 23.4. The van der Waals surface area contributed by atoms with E-state index in [2.05, 4.69) is 32.1 Å². The highest BCUT2D eigenvalue weighted by Gasteiger charge is 2.72. The molecule has 1 heterocycles. The first-order chi connectivity index (χ1) is 15.4. The Balaban J connectivity index is 1.36. The van der Waals surface area contributed by atoms with Crippen LogP contribution in [-0.2, 0) is 14.3 Å². The van der Waals surface area contributed by atoms with E-state index in [0.29, 0.717) is 19.3 Å². The monoisotopic (exact) mass is 452 g/mol. The number of carbonyl (C=O) groups excluding carboxylic acids is 2. The fourth-order valence-electron chi connectivity index (χ4n) is 9.15. The second kappa shape index (κ2) is 6.28. The van der Waals surface area contributed by atoms with Crippen LogP contribution in [0.1, 0.15) is 66.2 Å². The van der Waals surface area contributed by atoms with Crippen LogP contribution in [0.15, 0.2) is 36.0 Å². The van der Waals surface area contributed by atoms with E-state index in [1.807, 2.05) is 13.0 Å². The van der Waals surface area contributed by atoms with Crippen molar-refractivity contribution in [1.82, 2.24) is 0 Å². The molecular formula is C28H36O5. The lowest BCUT2D eigenvalue weighted by Crippen LogP contribution is -2.58. The number of ether oxygens (including phenoxy) is 1. The number of ketones is 1. The molecule has 1 aliphatic heterocycles. The summed E-state index contributed by atoms with van der Waals surface area (Å²) < 4.78 is 5.76. The van der Waals surface area contributed by atoms with Gasteiger partial charge in [0.2, 0.25) is 0 Å². The van der Waals surface area contributed by atoms with Crippen LogP contribution >= 0.6 is 0 Å². The average molecular weight is 453 g/mol. The molecule has 10 atom stereocenters. The van der Waals surface area contributed by atoms with Crippen molar-refractivity contribution in [3.05, 3.63) is 36.0 Å². The third-order valence-electron chi connectivity index (χ3n) is 11.6. The number of fused-ring (bicyclic) bond motifs is 7. The van der Waals surface area contributed by atoms with E-state index >= 15 is 0 Å². The minimum atomic E-state index is -1.52. The molecule has 0 aromatic rings. The first-order valence-electron chi connectivity index (χ1n) is 12.7. The van der Waals surface area contributed by atoms with E-state index < -0.39 is 28.0 Å². The average Bonchev–Trinajstić information content (AvgIpc) is 3.22. The van der Waals surface area contributed by atoms with Crippen molar-refractivity contribution in [3.8, 4) is 0 Å². The fourth-order valence-corrected chi connectivity index (χ4v) is 9.15. The minimum absolute atomic E-state index is 0.176. The van der Waals surface area contributed by atoms with Crippen molar-refractivity contribution in [1.29, 1.82) is 0 Å². The standard InChI is InChI=1S/C28H36O5/c1-24-14-20(21(15-24)33-23(30)27(24,4)31)28(32)13-11-18-17-9-8-16-6-5-7-22(29)26(16,3)19(17)10-12-25(18,28)2/h5-9,17-21,31-32H,10-15H2,1-4H3/t17-,18-,19-,20-,21+,24+,25-,26-,27-,28+/m0/s1. The summed E-state index contributed by atoms with van der Waals surface area (Å²) in [4.78, 5) is 25.7. The highest BCUT2D eigenvalue weighted by atomic mass is 16.6. The zero-order valence-electron chi connectivity index (χ0n) is 20.1. The largest absolute Gasteiger partial charge is 0.460 e. The van der Waals surface area contributed by atoms with Gasteiger partial charge in [-0.05, 0) is 81.8 Å². The van der Waals surface area contributed by atoms with Gasteiger partial charge in [0.15, 0.2) is 11.4 Å². The molecule has 3 saturated carbocycles. The Labute approximate surface area is 196 Å². The van der Waals surface area contributed by atoms with Gasteiger partial charge in [-0.15, -0.1) is 0 Å². The van der Waals surface area contributed by atoms with Crippen molar-refractivity contribution in [3.63, 3.8) is 0 Å². The van der Waals surface area contributed by atoms with Gasteiger partial charge in [0.1, 0.15) is 6.10 Å². The second-order valence-corrected chi connectivity index (χ2v) is 12.7. The van der Waals surface area contributed by atoms with E-state index in [4.69, 9.17) is 4.74 Å². The quantitative estimate of drug-likeness (QED) is 0.590. The molecule has 0 unspecified atom stereocenters. The molecule has 0 amide bonds. The molecule has 2 N–H and O–H groups in total. The maximum Gasteiger partial charge on any atom is 0.338 e. The van der Waals surface area contributed by atoms with Gasteiger partial charge in [0, 0.05) is 16.7 Å². The SMILES string of the molecule is C[C@]12C(=O)C=CC=C1C=C[C@@H]1[C@@H]2CC[C@@]2(C)[C@H]1CC[C@@]2(O)[C@H]1C[C@]2(C)C[C@H]1OC(=O)[C@]2(C)O. The number of carbonyl (C=O) groups is 2. The number of allylic oxidation sites excluding steroid dienone is 6. The van der Waals surface area contributed by atoms with Crippen LogP contribution in [0.25, 0.3) is 0 Å². The van der Waals surface area contributed by atoms with E-state index in [1.165, 1.54) is 0 Å². The zero-order chi connectivity index (χ0) is 23.6. The molecule has 33 heavy (non-hydrogen) atoms. The highest BCUT2D eigenvalue weighted by molar-refractivity contribution is 5.99. The van der Waals surface area contributed by atoms with Gasteiger partial charge in [0.25, 0.3) is 0 Å². The third kappa shape index (κ3) is 2.36. The van der Waals surface area contributed by atoms with E-state index in [0.717, 1.165) is 24.8 Å². The predicted molar refractivity (Wildman–Crippen MR) is 123 cm³/mol. The van der Waals surface area contributed by atoms with E-state index in [-0.39, 0.29) is 41.0 Å². The fraction of sp³-hybridized carbons (Fsp3) is 0.714. The molecule has 6 aliphatic rings. The van der Waals surface area contributed by atoms with Gasteiger partial charge >= 0.3 is 5.97 Å². The summed E-state index contributed by atoms with van der Waals surface area (Å²) >= 11 is 0. The summed E-state index contributed by atoms with van der Waals surface area (Å²) in [5.41, 5.74) is -2.75. The number of esters is 1. The Morgan fingerprint density at radius 3 is 2.42 bits per heavy atom. The van der Waals surface area contributed by atoms with Crippen LogP contribution in [0, 0.1) is 39.9 Å². The molecule has 2 bridgehead atoms. The molecule has 1 saturated heterocycles. The molecule has 4 fully saturated rings. The summed E-state index contributed by atoms with van der Waals surface area (Å²) in [6.07, 6.45) is 14.3. The predicted octanol–water partition coefficient (Wildman–Crippen LogP) is 3.89. The maximum atomic E-state index is 13.1. The van der Waals surface area contributed by atoms with Crippen LogP contribution in [0.5, 0.6) is 0 Å². The lowest BCUT2D eigenvalue weighted by atomic mass is 9.47. The topological polar surface area (TPSA) is 83.8 Å². The molecule has 178 valence electrons. The molecule has 0 aromatic heterocycles. The van der Waals surface area contributed by atoms with Crippen molar-refractivity contribution in [2.45, 2.75) is 83.5 Å². The molecule has 0 radical (unpaired) electrons. The zero-order valence-corrected chi connectivity index (χ0v) is 20.1. The molecule has 5 aliphatic carbocycles. The number of hydrogen-bond acceptors (Lipinski definition) is 5. The first-order valence-corrected chi connectivity index (χ1v) is 12.7. The van der Waals surface area contributed by atoms with Gasteiger partial charge in [0.05, 0.1) is 11.0 Å². The van der Waals surface area contributed by atoms with E-state index in [9.17, 15) is 19.8 Å². The highest BCUT2D eigenvalue weighted by Crippen LogP contribution is 2.70. The van der Waals surface area contributed by atoms with Gasteiger partial charge in [-0.2, -0.15) is 0 Å². The Hall–Kier alpha value is -1.72. The molecule has 6 rings (SSSR count). The molecule has 0 spiro atoms. The Morgan fingerprint density at radius 2 is 1.67 bits per heavy atom. The first kappa shape index (κ1) is 21.8.